The van der Waals surface area contributed by atoms with Crippen molar-refractivity contribution in [3.05, 3.63) is 78.6 Å². The number of fused-ring (bicyclic) bond motifs is 1. The monoisotopic (exact) mass is 317 g/mol. The summed E-state index contributed by atoms with van der Waals surface area (Å²) in [5.41, 5.74) is 9.51. The quantitative estimate of drug-likeness (QED) is 0.602. The van der Waals surface area contributed by atoms with Crippen LogP contribution >= 0.6 is 0 Å². The number of rotatable bonds is 3. The van der Waals surface area contributed by atoms with E-state index in [2.05, 4.69) is 11.1 Å². The minimum atomic E-state index is -0.309. The molecule has 0 fully saturated rings. The van der Waals surface area contributed by atoms with E-state index in [9.17, 15) is 4.39 Å². The Morgan fingerprint density at radius 1 is 1.12 bits per heavy atom. The molecule has 1 radical (unpaired) electrons. The molecule has 117 valence electrons. The summed E-state index contributed by atoms with van der Waals surface area (Å²) in [5.74, 6) is 0.380. The first-order chi connectivity index (χ1) is 11.8. The fourth-order valence-electron chi connectivity index (χ4n) is 2.84. The summed E-state index contributed by atoms with van der Waals surface area (Å²) in [6, 6.07) is 17.0. The Labute approximate surface area is 138 Å². The highest BCUT2D eigenvalue weighted by atomic mass is 19.1. The molecule has 0 amide bonds. The standard InChI is InChI=1S/C20H14FN2O/c21-19-6-2-1-5-17(19)14-8-15-9-16(11-22)24-20(15)18(10-14)13-4-3-7-23-12-13/h1,3-10,12H,11,22H2. The SMILES string of the molecule is NCc1cc2cc(-c3cc[c]cc3F)cc(-c3cccnc3)c2o1. The van der Waals surface area contributed by atoms with Gasteiger partial charge in [0, 0.05) is 34.5 Å². The van der Waals surface area contributed by atoms with Crippen molar-refractivity contribution >= 4 is 11.0 Å². The number of halogens is 1. The van der Waals surface area contributed by atoms with Crippen LogP contribution in [0.25, 0.3) is 33.2 Å². The van der Waals surface area contributed by atoms with E-state index < -0.39 is 0 Å². The summed E-state index contributed by atoms with van der Waals surface area (Å²) < 4.78 is 20.1. The molecule has 24 heavy (non-hydrogen) atoms. The molecular weight excluding hydrogens is 303 g/mol. The van der Waals surface area contributed by atoms with Crippen LogP contribution in [-0.4, -0.2) is 4.98 Å². The lowest BCUT2D eigenvalue weighted by Gasteiger charge is -2.08. The highest BCUT2D eigenvalue weighted by Crippen LogP contribution is 2.36. The molecule has 0 aliphatic rings. The minimum absolute atomic E-state index is 0.309. The van der Waals surface area contributed by atoms with Crippen LogP contribution < -0.4 is 5.73 Å². The summed E-state index contributed by atoms with van der Waals surface area (Å²) in [4.78, 5) is 4.17. The number of nitrogens with two attached hydrogens (primary N) is 1. The molecule has 2 aromatic carbocycles. The van der Waals surface area contributed by atoms with Gasteiger partial charge in [0.2, 0.25) is 0 Å². The van der Waals surface area contributed by atoms with Gasteiger partial charge < -0.3 is 10.2 Å². The van der Waals surface area contributed by atoms with Gasteiger partial charge in [0.15, 0.2) is 0 Å². The molecule has 2 heterocycles. The third kappa shape index (κ3) is 2.47. The maximum atomic E-state index is 14.2. The molecule has 0 spiro atoms. The van der Waals surface area contributed by atoms with Gasteiger partial charge in [0.1, 0.15) is 17.2 Å². The Kier molecular flexibility index (Phi) is 3.59. The zero-order chi connectivity index (χ0) is 16.5. The lowest BCUT2D eigenvalue weighted by atomic mass is 9.97. The molecule has 0 unspecified atom stereocenters. The fourth-order valence-corrected chi connectivity index (χ4v) is 2.84. The van der Waals surface area contributed by atoms with E-state index in [1.165, 1.54) is 6.07 Å². The summed E-state index contributed by atoms with van der Waals surface area (Å²) >= 11 is 0. The summed E-state index contributed by atoms with van der Waals surface area (Å²) in [6.07, 6.45) is 3.48. The van der Waals surface area contributed by atoms with Crippen molar-refractivity contribution in [3.63, 3.8) is 0 Å². The van der Waals surface area contributed by atoms with Crippen LogP contribution in [0.15, 0.2) is 65.3 Å². The zero-order valence-corrected chi connectivity index (χ0v) is 12.8. The number of nitrogens with zero attached hydrogens (tertiary/aromatic N) is 1. The summed E-state index contributed by atoms with van der Waals surface area (Å²) in [6.45, 7) is 0.311. The molecule has 0 atom stereocenters. The minimum Gasteiger partial charge on any atom is -0.459 e. The predicted molar refractivity (Wildman–Crippen MR) is 91.6 cm³/mol. The van der Waals surface area contributed by atoms with Gasteiger partial charge in [-0.1, -0.05) is 18.2 Å². The van der Waals surface area contributed by atoms with Crippen LogP contribution in [-0.2, 0) is 6.54 Å². The van der Waals surface area contributed by atoms with Crippen LogP contribution in [0.5, 0.6) is 0 Å². The number of aromatic nitrogens is 1. The van der Waals surface area contributed by atoms with E-state index in [1.54, 1.807) is 24.5 Å². The molecular formula is C20H14FN2O. The van der Waals surface area contributed by atoms with E-state index in [0.717, 1.165) is 27.7 Å². The lowest BCUT2D eigenvalue weighted by molar-refractivity contribution is 0.553. The first-order valence-corrected chi connectivity index (χ1v) is 7.59. The smallest absolute Gasteiger partial charge is 0.142 e. The Morgan fingerprint density at radius 2 is 2.04 bits per heavy atom. The molecule has 4 heteroatoms. The van der Waals surface area contributed by atoms with Gasteiger partial charge in [-0.25, -0.2) is 4.39 Å². The van der Waals surface area contributed by atoms with Gasteiger partial charge in [0.05, 0.1) is 6.54 Å². The lowest BCUT2D eigenvalue weighted by Crippen LogP contribution is -1.92. The Morgan fingerprint density at radius 3 is 2.79 bits per heavy atom. The van der Waals surface area contributed by atoms with Gasteiger partial charge in [-0.15, -0.1) is 0 Å². The molecule has 2 N–H and O–H groups in total. The molecule has 0 saturated carbocycles. The maximum Gasteiger partial charge on any atom is 0.142 e. The van der Waals surface area contributed by atoms with Crippen LogP contribution in [0.1, 0.15) is 5.76 Å². The molecule has 0 bridgehead atoms. The highest BCUT2D eigenvalue weighted by Gasteiger charge is 2.14. The van der Waals surface area contributed by atoms with E-state index in [0.29, 0.717) is 17.9 Å². The zero-order valence-electron chi connectivity index (χ0n) is 12.8. The average Bonchev–Trinajstić information content (AvgIpc) is 3.05. The molecule has 0 aliphatic carbocycles. The predicted octanol–water partition coefficient (Wildman–Crippen LogP) is 4.56. The number of benzene rings is 2. The third-order valence-electron chi connectivity index (χ3n) is 3.97. The largest absolute Gasteiger partial charge is 0.459 e. The Bertz CT molecular complexity index is 1010. The van der Waals surface area contributed by atoms with Crippen LogP contribution in [0.3, 0.4) is 0 Å². The van der Waals surface area contributed by atoms with Crippen LogP contribution in [0.4, 0.5) is 4.39 Å². The second-order valence-electron chi connectivity index (χ2n) is 5.51. The molecule has 2 aromatic heterocycles. The van der Waals surface area contributed by atoms with E-state index in [4.69, 9.17) is 10.2 Å². The van der Waals surface area contributed by atoms with Crippen molar-refractivity contribution in [3.8, 4) is 22.3 Å². The van der Waals surface area contributed by atoms with Crippen LogP contribution in [0.2, 0.25) is 0 Å². The van der Waals surface area contributed by atoms with Crippen LogP contribution in [0, 0.1) is 11.9 Å². The number of pyridine rings is 1. The van der Waals surface area contributed by atoms with Crippen molar-refractivity contribution in [2.45, 2.75) is 6.54 Å². The number of furan rings is 1. The molecule has 0 saturated heterocycles. The topological polar surface area (TPSA) is 52.0 Å². The van der Waals surface area contributed by atoms with Gasteiger partial charge in [-0.2, -0.15) is 0 Å². The van der Waals surface area contributed by atoms with E-state index in [1.807, 2.05) is 30.3 Å². The number of hydrogen-bond donors (Lipinski definition) is 1. The number of hydrogen-bond acceptors (Lipinski definition) is 3. The van der Waals surface area contributed by atoms with Gasteiger partial charge in [-0.3, -0.25) is 4.98 Å². The van der Waals surface area contributed by atoms with Crippen molar-refractivity contribution < 1.29 is 8.81 Å². The van der Waals surface area contributed by atoms with Gasteiger partial charge in [-0.05, 0) is 42.0 Å². The normalized spacial score (nSPS) is 11.1. The van der Waals surface area contributed by atoms with Crippen molar-refractivity contribution in [1.29, 1.82) is 0 Å². The molecule has 4 aromatic rings. The van der Waals surface area contributed by atoms with Crippen molar-refractivity contribution in [2.75, 3.05) is 0 Å². The maximum absolute atomic E-state index is 14.2. The first kappa shape index (κ1) is 14.6. The Hall–Kier alpha value is -2.98. The fraction of sp³-hybridized carbons (Fsp3) is 0.0500. The second kappa shape index (κ2) is 5.91. The third-order valence-corrected chi connectivity index (χ3v) is 3.97. The molecule has 4 rings (SSSR count). The molecule has 3 nitrogen and oxygen atoms in total. The average molecular weight is 317 g/mol. The van der Waals surface area contributed by atoms with Crippen molar-refractivity contribution in [2.24, 2.45) is 5.73 Å². The highest BCUT2D eigenvalue weighted by molar-refractivity contribution is 5.96. The van der Waals surface area contributed by atoms with Gasteiger partial charge in [0.25, 0.3) is 0 Å². The Balaban J connectivity index is 2.02. The first-order valence-electron chi connectivity index (χ1n) is 7.59. The van der Waals surface area contributed by atoms with Gasteiger partial charge >= 0.3 is 0 Å². The molecule has 0 aliphatic heterocycles. The second-order valence-corrected chi connectivity index (χ2v) is 5.51. The summed E-state index contributed by atoms with van der Waals surface area (Å²) in [7, 11) is 0. The van der Waals surface area contributed by atoms with E-state index >= 15 is 0 Å². The van der Waals surface area contributed by atoms with Crippen molar-refractivity contribution in [1.82, 2.24) is 4.98 Å². The summed E-state index contributed by atoms with van der Waals surface area (Å²) in [5, 5.41) is 0.888. The van der Waals surface area contributed by atoms with E-state index in [-0.39, 0.29) is 5.82 Å².